The molecular weight excluding hydrogens is 412 g/mol. The van der Waals surface area contributed by atoms with E-state index in [1.807, 2.05) is 0 Å². The van der Waals surface area contributed by atoms with E-state index in [4.69, 9.17) is 0 Å². The van der Waals surface area contributed by atoms with Crippen LogP contribution in [0.25, 0.3) is 0 Å². The van der Waals surface area contributed by atoms with E-state index in [2.05, 4.69) is 9.47 Å². The van der Waals surface area contributed by atoms with Gasteiger partial charge in [-0.2, -0.15) is 0 Å². The van der Waals surface area contributed by atoms with Gasteiger partial charge in [-0.3, -0.25) is 29.8 Å². The summed E-state index contributed by atoms with van der Waals surface area (Å²) in [6.45, 7) is 2.02. The summed E-state index contributed by atoms with van der Waals surface area (Å²) in [5, 5.41) is 22.4. The zero-order valence-electron chi connectivity index (χ0n) is 14.8. The van der Waals surface area contributed by atoms with Crippen LogP contribution in [-0.2, 0) is 19.4 Å². The summed E-state index contributed by atoms with van der Waals surface area (Å²) >= 11 is 0. The maximum atomic E-state index is 12.8. The molecule has 152 valence electrons. The number of rotatable bonds is 6. The van der Waals surface area contributed by atoms with E-state index in [0.717, 1.165) is 38.1 Å². The molecule has 13 heteroatoms. The Labute approximate surface area is 162 Å². The minimum atomic E-state index is -4.43. The number of carbonyl (C=O) groups is 2. The van der Waals surface area contributed by atoms with E-state index in [1.54, 1.807) is 0 Å². The molecular formula is C16H12N2O10S. The van der Waals surface area contributed by atoms with Crippen LogP contribution in [0.15, 0.2) is 46.2 Å². The molecule has 0 fully saturated rings. The van der Waals surface area contributed by atoms with Crippen molar-refractivity contribution in [1.82, 2.24) is 0 Å². The normalized spacial score (nSPS) is 10.8. The molecule has 0 aliphatic carbocycles. The van der Waals surface area contributed by atoms with Gasteiger partial charge in [0.1, 0.15) is 0 Å². The molecule has 2 aromatic rings. The Balaban J connectivity index is 2.60. The first-order chi connectivity index (χ1) is 13.4. The quantitative estimate of drug-likeness (QED) is 0.289. The van der Waals surface area contributed by atoms with Crippen LogP contribution in [0.1, 0.15) is 13.8 Å². The number of hydrogen-bond donors (Lipinski definition) is 0. The Hall–Kier alpha value is -3.87. The maximum absolute atomic E-state index is 12.8. The average Bonchev–Trinajstić information content (AvgIpc) is 2.60. The smallest absolute Gasteiger partial charge is 0.313 e. The Morgan fingerprint density at radius 3 is 1.41 bits per heavy atom. The predicted octanol–water partition coefficient (Wildman–Crippen LogP) is 2.19. The Kier molecular flexibility index (Phi) is 5.92. The van der Waals surface area contributed by atoms with Gasteiger partial charge in [0.2, 0.25) is 21.3 Å². The standard InChI is InChI=1S/C16H12N2O10S/c1-9(19)27-15-5-3-11(7-13(15)17(21)22)29(25,26)12-4-6-16(28-10(2)20)14(8-12)18(23)24/h3-8H,1-2H3. The number of nitro groups is 2. The third kappa shape index (κ3) is 4.70. The summed E-state index contributed by atoms with van der Waals surface area (Å²) in [5.74, 6) is -2.61. The van der Waals surface area contributed by atoms with E-state index >= 15 is 0 Å². The van der Waals surface area contributed by atoms with Crippen molar-refractivity contribution in [2.24, 2.45) is 0 Å². The number of nitro benzene ring substituents is 2. The van der Waals surface area contributed by atoms with E-state index in [0.29, 0.717) is 12.1 Å². The minimum absolute atomic E-state index is 0.461. The van der Waals surface area contributed by atoms with Crippen molar-refractivity contribution in [2.75, 3.05) is 0 Å². The minimum Gasteiger partial charge on any atom is -0.419 e. The van der Waals surface area contributed by atoms with Gasteiger partial charge in [-0.15, -0.1) is 0 Å². The van der Waals surface area contributed by atoms with Crippen LogP contribution in [0, 0.1) is 20.2 Å². The highest BCUT2D eigenvalue weighted by molar-refractivity contribution is 7.91. The molecule has 0 heterocycles. The van der Waals surface area contributed by atoms with Gasteiger partial charge in [-0.1, -0.05) is 0 Å². The molecule has 0 saturated carbocycles. The van der Waals surface area contributed by atoms with Crippen molar-refractivity contribution < 1.29 is 37.3 Å². The van der Waals surface area contributed by atoms with Gasteiger partial charge in [0.25, 0.3) is 0 Å². The van der Waals surface area contributed by atoms with E-state index in [1.165, 1.54) is 0 Å². The van der Waals surface area contributed by atoms with Crippen molar-refractivity contribution in [3.8, 4) is 11.5 Å². The second kappa shape index (κ2) is 8.02. The van der Waals surface area contributed by atoms with E-state index in [-0.39, 0.29) is 0 Å². The zero-order valence-corrected chi connectivity index (χ0v) is 15.7. The first-order valence-electron chi connectivity index (χ1n) is 7.62. The van der Waals surface area contributed by atoms with Crippen LogP contribution < -0.4 is 9.47 Å². The predicted molar refractivity (Wildman–Crippen MR) is 94.3 cm³/mol. The number of ether oxygens (including phenoxy) is 2. The fourth-order valence-corrected chi connectivity index (χ4v) is 3.53. The summed E-state index contributed by atoms with van der Waals surface area (Å²) in [6, 6.07) is 5.08. The third-order valence-corrected chi connectivity index (χ3v) is 5.13. The second-order valence-electron chi connectivity index (χ2n) is 5.46. The maximum Gasteiger partial charge on any atom is 0.313 e. The van der Waals surface area contributed by atoms with Crippen LogP contribution in [0.5, 0.6) is 11.5 Å². The molecule has 0 amide bonds. The molecule has 0 aromatic heterocycles. The molecule has 0 radical (unpaired) electrons. The Morgan fingerprint density at radius 1 is 0.793 bits per heavy atom. The molecule has 0 N–H and O–H groups in total. The van der Waals surface area contributed by atoms with E-state index in [9.17, 15) is 38.2 Å². The van der Waals surface area contributed by atoms with Gasteiger partial charge >= 0.3 is 23.3 Å². The molecule has 0 atom stereocenters. The molecule has 0 spiro atoms. The largest absolute Gasteiger partial charge is 0.419 e. The fraction of sp³-hybridized carbons (Fsp3) is 0.125. The van der Waals surface area contributed by atoms with Gasteiger partial charge in [-0.05, 0) is 24.3 Å². The lowest BCUT2D eigenvalue weighted by Crippen LogP contribution is -2.08. The third-order valence-electron chi connectivity index (χ3n) is 3.38. The molecule has 0 aliphatic rings. The van der Waals surface area contributed by atoms with Gasteiger partial charge in [0, 0.05) is 26.0 Å². The van der Waals surface area contributed by atoms with Crippen LogP contribution in [0.2, 0.25) is 0 Å². The highest BCUT2D eigenvalue weighted by Crippen LogP contribution is 2.35. The topological polar surface area (TPSA) is 173 Å². The molecule has 0 saturated heterocycles. The van der Waals surface area contributed by atoms with Crippen molar-refractivity contribution in [3.63, 3.8) is 0 Å². The molecule has 2 rings (SSSR count). The summed E-state index contributed by atoms with van der Waals surface area (Å²) in [5.41, 5.74) is -1.57. The molecule has 0 bridgehead atoms. The van der Waals surface area contributed by atoms with E-state index < -0.39 is 64.3 Å². The second-order valence-corrected chi connectivity index (χ2v) is 7.41. The molecule has 0 aliphatic heterocycles. The van der Waals surface area contributed by atoms with Crippen LogP contribution in [0.3, 0.4) is 0 Å². The van der Waals surface area contributed by atoms with Gasteiger partial charge < -0.3 is 9.47 Å². The zero-order chi connectivity index (χ0) is 21.9. The van der Waals surface area contributed by atoms with Crippen molar-refractivity contribution in [1.29, 1.82) is 0 Å². The van der Waals surface area contributed by atoms with Crippen molar-refractivity contribution in [3.05, 3.63) is 56.6 Å². The SMILES string of the molecule is CC(=O)Oc1ccc(S(=O)(=O)c2ccc(OC(C)=O)c([N+](=O)[O-])c2)cc1[N+](=O)[O-]. The highest BCUT2D eigenvalue weighted by Gasteiger charge is 2.28. The van der Waals surface area contributed by atoms with Crippen LogP contribution in [-0.4, -0.2) is 30.2 Å². The lowest BCUT2D eigenvalue weighted by molar-refractivity contribution is -0.385. The average molecular weight is 424 g/mol. The number of nitrogens with zero attached hydrogens (tertiary/aromatic N) is 2. The summed E-state index contributed by atoms with van der Waals surface area (Å²) < 4.78 is 34.9. The first kappa shape index (κ1) is 21.4. The van der Waals surface area contributed by atoms with Gasteiger partial charge in [0.05, 0.1) is 19.6 Å². The first-order valence-corrected chi connectivity index (χ1v) is 9.10. The lowest BCUT2D eigenvalue weighted by atomic mass is 10.3. The van der Waals surface area contributed by atoms with Crippen molar-refractivity contribution >= 4 is 33.2 Å². The molecule has 0 unspecified atom stereocenters. The Morgan fingerprint density at radius 2 is 1.14 bits per heavy atom. The summed E-state index contributed by atoms with van der Waals surface area (Å²) in [4.78, 5) is 41.5. The Bertz CT molecular complexity index is 1060. The van der Waals surface area contributed by atoms with Crippen LogP contribution in [0.4, 0.5) is 11.4 Å². The molecule has 29 heavy (non-hydrogen) atoms. The number of benzene rings is 2. The fourth-order valence-electron chi connectivity index (χ4n) is 2.23. The number of carbonyl (C=O) groups excluding carboxylic acids is 2. The summed E-state index contributed by atoms with van der Waals surface area (Å²) in [7, 11) is -4.43. The molecule has 2 aromatic carbocycles. The van der Waals surface area contributed by atoms with Gasteiger partial charge in [-0.25, -0.2) is 8.42 Å². The molecule has 12 nitrogen and oxygen atoms in total. The summed E-state index contributed by atoms with van der Waals surface area (Å²) in [6.07, 6.45) is 0. The number of esters is 2. The number of hydrogen-bond acceptors (Lipinski definition) is 10. The highest BCUT2D eigenvalue weighted by atomic mass is 32.2. The van der Waals surface area contributed by atoms with Crippen molar-refractivity contribution in [2.45, 2.75) is 23.6 Å². The monoisotopic (exact) mass is 424 g/mol. The van der Waals surface area contributed by atoms with Gasteiger partial charge in [0.15, 0.2) is 0 Å². The number of sulfone groups is 1. The lowest BCUT2D eigenvalue weighted by Gasteiger charge is -2.08. The van der Waals surface area contributed by atoms with Crippen LogP contribution >= 0.6 is 0 Å².